The molecule has 3 aliphatic heterocycles. The molecular weight excluding hydrogens is 471 g/mol. The van der Waals surface area contributed by atoms with E-state index in [0.717, 1.165) is 16.9 Å². The summed E-state index contributed by atoms with van der Waals surface area (Å²) < 4.78 is 0. The first-order chi connectivity index (χ1) is 18.8. The molecule has 0 unspecified atom stereocenters. The number of aliphatic imine (C=N–C) groups is 1. The fourth-order valence-electron chi connectivity index (χ4n) is 7.49. The van der Waals surface area contributed by atoms with Crippen LogP contribution in [-0.4, -0.2) is 12.9 Å². The van der Waals surface area contributed by atoms with Crippen LogP contribution >= 0.6 is 0 Å². The van der Waals surface area contributed by atoms with Gasteiger partial charge in [-0.25, -0.2) is 0 Å². The Labute approximate surface area is 232 Å². The molecule has 0 aliphatic carbocycles. The molecule has 0 radical (unpaired) electrons. The highest BCUT2D eigenvalue weighted by molar-refractivity contribution is 6.89. The molecular formula is C36H33BN2. The lowest BCUT2D eigenvalue weighted by atomic mass is 9.51. The summed E-state index contributed by atoms with van der Waals surface area (Å²) in [6.45, 7) is 14.8. The summed E-state index contributed by atoms with van der Waals surface area (Å²) >= 11 is 0. The van der Waals surface area contributed by atoms with Gasteiger partial charge in [0.2, 0.25) is 0 Å². The summed E-state index contributed by atoms with van der Waals surface area (Å²) in [6.07, 6.45) is 6.08. The Morgan fingerprint density at radius 3 is 1.90 bits per heavy atom. The monoisotopic (exact) mass is 504 g/mol. The van der Waals surface area contributed by atoms with Crippen LogP contribution < -0.4 is 10.4 Å². The number of anilines is 3. The molecule has 3 heterocycles. The summed E-state index contributed by atoms with van der Waals surface area (Å²) in [5.41, 5.74) is 10.0. The Balaban J connectivity index is 1.59. The Kier molecular flexibility index (Phi) is 5.04. The van der Waals surface area contributed by atoms with Crippen molar-refractivity contribution in [1.29, 1.82) is 0 Å². The van der Waals surface area contributed by atoms with Gasteiger partial charge >= 0.3 is 0 Å². The summed E-state index contributed by atoms with van der Waals surface area (Å²) in [4.78, 5) is 7.38. The number of hydrogen-bond acceptors (Lipinski definition) is 2. The largest absolute Gasteiger partial charge is 0.310 e. The first-order valence-corrected chi connectivity index (χ1v) is 13.9. The van der Waals surface area contributed by atoms with Crippen LogP contribution in [0.1, 0.15) is 44.4 Å². The third-order valence-electron chi connectivity index (χ3n) is 9.97. The summed E-state index contributed by atoms with van der Waals surface area (Å²) in [7, 11) is 0. The number of allylic oxidation sites excluding steroid dienone is 3. The summed E-state index contributed by atoms with van der Waals surface area (Å²) in [5.74, 6) is 0. The van der Waals surface area contributed by atoms with E-state index in [1.54, 1.807) is 0 Å². The molecule has 3 aliphatic rings. The maximum Gasteiger partial charge on any atom is 0.187 e. The molecule has 0 N–H and O–H groups in total. The molecule has 0 amide bonds. The second-order valence-corrected chi connectivity index (χ2v) is 12.3. The van der Waals surface area contributed by atoms with E-state index >= 15 is 0 Å². The quantitative estimate of drug-likeness (QED) is 0.249. The standard InChI is InChI=1S/C36H33BN2/c1-25-14-13-23-38-31-22-21-26(37-34(2,3)35(37,4)5)24-30(31)36(25)28-17-9-11-19-32(28)39(27-15-7-6-8-16-27)33-20-12-10-18-29(33)36/h6-24H,1H2,2-5H3/b14-13-,38-23?. The highest BCUT2D eigenvalue weighted by Crippen LogP contribution is 2.73. The zero-order valence-corrected chi connectivity index (χ0v) is 23.1. The van der Waals surface area contributed by atoms with E-state index in [2.05, 4.69) is 136 Å². The predicted molar refractivity (Wildman–Crippen MR) is 167 cm³/mol. The Bertz CT molecular complexity index is 1630. The molecule has 0 atom stereocenters. The third kappa shape index (κ3) is 3.13. The lowest BCUT2D eigenvalue weighted by Gasteiger charge is -2.47. The second-order valence-electron chi connectivity index (χ2n) is 12.3. The molecule has 1 saturated heterocycles. The van der Waals surface area contributed by atoms with E-state index < -0.39 is 5.41 Å². The molecule has 4 aromatic rings. The topological polar surface area (TPSA) is 15.6 Å². The normalized spacial score (nSPS) is 19.9. The van der Waals surface area contributed by atoms with Crippen LogP contribution in [-0.2, 0) is 5.41 Å². The van der Waals surface area contributed by atoms with Crippen molar-refractivity contribution in [3.05, 3.63) is 138 Å². The van der Waals surface area contributed by atoms with E-state index in [-0.39, 0.29) is 10.6 Å². The zero-order valence-electron chi connectivity index (χ0n) is 23.1. The van der Waals surface area contributed by atoms with Gasteiger partial charge in [0.25, 0.3) is 0 Å². The minimum absolute atomic E-state index is 0.239. The lowest BCUT2D eigenvalue weighted by molar-refractivity contribution is 0.628. The van der Waals surface area contributed by atoms with Crippen molar-refractivity contribution in [2.24, 2.45) is 4.99 Å². The van der Waals surface area contributed by atoms with E-state index in [1.807, 2.05) is 12.3 Å². The van der Waals surface area contributed by atoms with Gasteiger partial charge < -0.3 is 4.90 Å². The van der Waals surface area contributed by atoms with Crippen LogP contribution in [0.3, 0.4) is 0 Å². The van der Waals surface area contributed by atoms with Crippen LogP contribution in [0, 0.1) is 0 Å². The molecule has 1 fully saturated rings. The zero-order chi connectivity index (χ0) is 27.0. The molecule has 7 rings (SSSR count). The van der Waals surface area contributed by atoms with Crippen molar-refractivity contribution in [1.82, 2.24) is 0 Å². The highest BCUT2D eigenvalue weighted by Gasteiger charge is 2.68. The minimum Gasteiger partial charge on any atom is -0.310 e. The maximum atomic E-state index is 4.98. The van der Waals surface area contributed by atoms with Crippen molar-refractivity contribution in [3.8, 4) is 0 Å². The molecule has 4 aromatic carbocycles. The fourth-order valence-corrected chi connectivity index (χ4v) is 7.49. The summed E-state index contributed by atoms with van der Waals surface area (Å²) in [6, 6.07) is 35.3. The average molecular weight is 504 g/mol. The summed E-state index contributed by atoms with van der Waals surface area (Å²) in [5, 5.41) is 0.478. The van der Waals surface area contributed by atoms with Crippen LogP contribution in [0.2, 0.25) is 10.6 Å². The molecule has 3 heteroatoms. The maximum absolute atomic E-state index is 4.98. The van der Waals surface area contributed by atoms with Crippen molar-refractivity contribution in [2.75, 3.05) is 4.90 Å². The first-order valence-electron chi connectivity index (χ1n) is 13.9. The van der Waals surface area contributed by atoms with Gasteiger partial charge in [-0.1, -0.05) is 123 Å². The van der Waals surface area contributed by atoms with Gasteiger partial charge in [0, 0.05) is 11.9 Å². The molecule has 0 bridgehead atoms. The number of benzene rings is 4. The molecule has 0 aromatic heterocycles. The first kappa shape index (κ1) is 24.0. The molecule has 39 heavy (non-hydrogen) atoms. The number of nitrogens with zero attached hydrogens (tertiary/aromatic N) is 2. The predicted octanol–water partition coefficient (Wildman–Crippen LogP) is 8.91. The highest BCUT2D eigenvalue weighted by atomic mass is 15.2. The van der Waals surface area contributed by atoms with Crippen molar-refractivity contribution in [3.63, 3.8) is 0 Å². The van der Waals surface area contributed by atoms with Gasteiger partial charge in [-0.3, -0.25) is 4.99 Å². The average Bonchev–Trinajstić information content (AvgIpc) is 3.36. The van der Waals surface area contributed by atoms with Gasteiger partial charge in [0.05, 0.1) is 22.5 Å². The second kappa shape index (κ2) is 8.20. The lowest BCUT2D eigenvalue weighted by Crippen LogP contribution is -2.39. The molecule has 1 spiro atoms. The van der Waals surface area contributed by atoms with Crippen LogP contribution in [0.25, 0.3) is 0 Å². The molecule has 0 saturated carbocycles. The van der Waals surface area contributed by atoms with E-state index in [4.69, 9.17) is 11.6 Å². The van der Waals surface area contributed by atoms with Crippen LogP contribution in [0.5, 0.6) is 0 Å². The SMILES string of the molecule is C=C1/C=C\C=Nc2ccc(B3C(C)(C)C3(C)C)cc2C12c1ccccc1N(c1ccccc1)c1ccccc12. The Morgan fingerprint density at radius 2 is 1.28 bits per heavy atom. The van der Waals surface area contributed by atoms with Gasteiger partial charge in [-0.05, 0) is 58.7 Å². The van der Waals surface area contributed by atoms with Crippen molar-refractivity contribution < 1.29 is 0 Å². The van der Waals surface area contributed by atoms with Gasteiger partial charge in [0.15, 0.2) is 6.71 Å². The smallest absolute Gasteiger partial charge is 0.187 e. The van der Waals surface area contributed by atoms with Crippen molar-refractivity contribution in [2.45, 2.75) is 43.7 Å². The number of hydrogen-bond donors (Lipinski definition) is 0. The van der Waals surface area contributed by atoms with Crippen LogP contribution in [0.4, 0.5) is 22.7 Å². The number of para-hydroxylation sites is 3. The molecule has 190 valence electrons. The number of fused-ring (bicyclic) bond motifs is 6. The van der Waals surface area contributed by atoms with Gasteiger partial charge in [0.1, 0.15) is 0 Å². The van der Waals surface area contributed by atoms with E-state index in [1.165, 1.54) is 33.5 Å². The van der Waals surface area contributed by atoms with Gasteiger partial charge in [-0.15, -0.1) is 0 Å². The Morgan fingerprint density at radius 1 is 0.692 bits per heavy atom. The van der Waals surface area contributed by atoms with E-state index in [0.29, 0.717) is 6.71 Å². The Hall–Kier alpha value is -4.11. The molecule has 2 nitrogen and oxygen atoms in total. The van der Waals surface area contributed by atoms with Crippen molar-refractivity contribution >= 4 is 41.1 Å². The fraction of sp³-hybridized carbons (Fsp3) is 0.194. The minimum atomic E-state index is -0.582. The third-order valence-corrected chi connectivity index (χ3v) is 9.97. The van der Waals surface area contributed by atoms with Crippen LogP contribution in [0.15, 0.2) is 126 Å². The van der Waals surface area contributed by atoms with Gasteiger partial charge in [-0.2, -0.15) is 0 Å². The van der Waals surface area contributed by atoms with E-state index in [9.17, 15) is 0 Å². The number of rotatable bonds is 2.